The number of carboxylic acids is 2. The Morgan fingerprint density at radius 3 is 1.10 bits per heavy atom. The van der Waals surface area contributed by atoms with Gasteiger partial charge in [0.2, 0.25) is 0 Å². The normalized spacial score (nSPS) is 39.1. The number of carboxylic acid groups (broad SMARTS) is 2. The van der Waals surface area contributed by atoms with Crippen molar-refractivity contribution in [2.75, 3.05) is 23.0 Å². The number of hydrogen-bond acceptors (Lipinski definition) is 23. The lowest BCUT2D eigenvalue weighted by Crippen LogP contribution is -2.45. The lowest BCUT2D eigenvalue weighted by molar-refractivity contribution is -0.172. The highest BCUT2D eigenvalue weighted by Gasteiger charge is 2.72. The van der Waals surface area contributed by atoms with E-state index in [0.29, 0.717) is 19.3 Å². The Morgan fingerprint density at radius 2 is 0.756 bits per heavy atom. The molecule has 0 aromatic carbocycles. The van der Waals surface area contributed by atoms with Crippen molar-refractivity contribution in [3.05, 3.63) is 0 Å². The summed E-state index contributed by atoms with van der Waals surface area (Å²) in [5, 5.41) is 26.4. The third kappa shape index (κ3) is 11.2. The molecule has 3 saturated heterocycles. The standard InChI is InChI=1S/C34H42O12S2.C15H20O5.C4H6O4S2/c1-33(7-3-4-8-33)45-31(39)23-17-11-15-21(23)29(37)43-27(15)25(17)41-19(35)13-47-48-14-20(36)42-26-18-12-16-22(30(38)44-28(16)26)24(18)32(40)46-34(2)9-5-6-10-34;1-15(4-2-3-5-15)20-14(18)9-7-6-8-10(9)13(17)19-12(8)11(7)16;5-3(6)1-9-10-2-4(7)8/h15-18,21-28H,3-14H2,1-2H3;7-12,16H,2-6H2,1H3;1-2H2,(H,5,6)(H,7,8). The van der Waals surface area contributed by atoms with Gasteiger partial charge in [-0.3, -0.25) is 47.9 Å². The summed E-state index contributed by atoms with van der Waals surface area (Å²) in [6.45, 7) is 5.84. The molecule has 21 nitrogen and oxygen atoms in total. The lowest BCUT2D eigenvalue weighted by atomic mass is 9.78. The van der Waals surface area contributed by atoms with Crippen molar-refractivity contribution < 1.29 is 101 Å². The predicted molar refractivity (Wildman–Crippen MR) is 275 cm³/mol. The van der Waals surface area contributed by atoms with Gasteiger partial charge in [-0.25, -0.2) is 0 Å². The topological polar surface area (TPSA) is 305 Å². The van der Waals surface area contributed by atoms with Crippen molar-refractivity contribution in [1.29, 1.82) is 0 Å². The van der Waals surface area contributed by atoms with E-state index in [1.807, 2.05) is 20.8 Å². The molecule has 3 aliphatic heterocycles. The van der Waals surface area contributed by atoms with E-state index in [0.717, 1.165) is 120 Å². The average molecular weight is 1170 g/mol. The van der Waals surface area contributed by atoms with Gasteiger partial charge in [-0.1, -0.05) is 43.2 Å². The van der Waals surface area contributed by atoms with E-state index >= 15 is 0 Å². The molecule has 25 heteroatoms. The number of aliphatic hydroxyl groups excluding tert-OH is 1. The first-order valence-electron chi connectivity index (χ1n) is 27.4. The third-order valence-corrected chi connectivity index (χ3v) is 23.1. The van der Waals surface area contributed by atoms with Crippen LogP contribution in [0.4, 0.5) is 0 Å². The summed E-state index contributed by atoms with van der Waals surface area (Å²) < 4.78 is 45.7. The minimum Gasteiger partial charge on any atom is -0.481 e. The lowest BCUT2D eigenvalue weighted by Gasteiger charge is -2.33. The molecule has 3 N–H and O–H groups in total. The molecule has 6 bridgehead atoms. The van der Waals surface area contributed by atoms with Crippen LogP contribution in [0.25, 0.3) is 0 Å². The van der Waals surface area contributed by atoms with Crippen LogP contribution in [0, 0.1) is 71.0 Å². The van der Waals surface area contributed by atoms with E-state index in [1.165, 1.54) is 0 Å². The first-order chi connectivity index (χ1) is 37.1. The summed E-state index contributed by atoms with van der Waals surface area (Å²) in [4.78, 5) is 122. The van der Waals surface area contributed by atoms with Crippen molar-refractivity contribution in [3.63, 3.8) is 0 Å². The van der Waals surface area contributed by atoms with Crippen LogP contribution >= 0.6 is 43.2 Å². The first-order valence-corrected chi connectivity index (χ1v) is 32.4. The SMILES string of the molecule is CC1(OC(=O)C2C3CC4C(OC(=O)C42)C3O)CCCC1.CC1(OC(=O)C2C3CC4C(OC(=O)C42)C3OC(=O)CSSCC(=O)OC2C3CC4C2OC(=O)C4C3C(=O)OC2(C)CCCC2)CCCC1.O=C(O)CSSCC(=O)O. The molecule has 18 atom stereocenters. The van der Waals surface area contributed by atoms with Gasteiger partial charge in [0, 0.05) is 35.5 Å². The smallest absolute Gasteiger partial charge is 0.317 e. The van der Waals surface area contributed by atoms with E-state index < -0.39 is 119 Å². The van der Waals surface area contributed by atoms with Gasteiger partial charge in [-0.05, 0) is 117 Å². The van der Waals surface area contributed by atoms with Crippen LogP contribution in [0.1, 0.15) is 117 Å². The Bertz CT molecular complexity index is 2300. The molecule has 0 spiro atoms. The second-order valence-electron chi connectivity index (χ2n) is 24.0. The van der Waals surface area contributed by atoms with Crippen LogP contribution in [-0.2, 0) is 85.8 Å². The van der Waals surface area contributed by atoms with Crippen LogP contribution in [0.3, 0.4) is 0 Å². The highest BCUT2D eigenvalue weighted by Crippen LogP contribution is 2.62. The van der Waals surface area contributed by atoms with Gasteiger partial charge in [0.15, 0.2) is 0 Å². The Labute approximate surface area is 466 Å². The number of fused-ring (bicyclic) bond motifs is 3. The fourth-order valence-corrected chi connectivity index (χ4v) is 18.7. The third-order valence-electron chi connectivity index (χ3n) is 18.9. The van der Waals surface area contributed by atoms with Crippen molar-refractivity contribution in [1.82, 2.24) is 0 Å². The molecule has 9 saturated carbocycles. The van der Waals surface area contributed by atoms with E-state index in [2.05, 4.69) is 0 Å². The summed E-state index contributed by atoms with van der Waals surface area (Å²) in [5.41, 5.74) is -1.43. The maximum absolute atomic E-state index is 13.3. The van der Waals surface area contributed by atoms with Gasteiger partial charge in [0.25, 0.3) is 0 Å². The van der Waals surface area contributed by atoms with Crippen molar-refractivity contribution in [2.45, 2.75) is 171 Å². The fraction of sp³-hybridized carbons (Fsp3) is 0.811. The number of carbonyl (C=O) groups is 10. The molecule has 12 aliphatic rings. The van der Waals surface area contributed by atoms with Crippen molar-refractivity contribution in [2.24, 2.45) is 71.0 Å². The molecular formula is C53H68O21S4. The van der Waals surface area contributed by atoms with Gasteiger partial charge in [0.1, 0.15) is 70.3 Å². The molecule has 18 unspecified atom stereocenters. The highest BCUT2D eigenvalue weighted by atomic mass is 33.1. The van der Waals surface area contributed by atoms with Gasteiger partial charge >= 0.3 is 59.7 Å². The van der Waals surface area contributed by atoms with Crippen LogP contribution in [0.2, 0.25) is 0 Å². The largest absolute Gasteiger partial charge is 0.481 e. The summed E-state index contributed by atoms with van der Waals surface area (Å²) in [7, 11) is 4.32. The molecule has 9 aliphatic carbocycles. The summed E-state index contributed by atoms with van der Waals surface area (Å²) >= 11 is 0. The second kappa shape index (κ2) is 22.8. The van der Waals surface area contributed by atoms with Crippen molar-refractivity contribution >= 4 is 103 Å². The minimum atomic E-state index is -0.928. The first kappa shape index (κ1) is 57.3. The van der Waals surface area contributed by atoms with Gasteiger partial charge < -0.3 is 53.2 Å². The molecular weight excluding hydrogens is 1100 g/mol. The van der Waals surface area contributed by atoms with Gasteiger partial charge in [-0.15, -0.1) is 0 Å². The number of hydrogen-bond donors (Lipinski definition) is 3. The van der Waals surface area contributed by atoms with E-state index in [4.69, 9.17) is 48.1 Å². The summed E-state index contributed by atoms with van der Waals surface area (Å²) in [5.74, 6) is -9.91. The summed E-state index contributed by atoms with van der Waals surface area (Å²) in [6, 6.07) is 0. The quantitative estimate of drug-likeness (QED) is 0.0694. The monoisotopic (exact) mass is 1170 g/mol. The molecule has 3 heterocycles. The van der Waals surface area contributed by atoms with Gasteiger partial charge in [0.05, 0.1) is 41.6 Å². The van der Waals surface area contributed by atoms with E-state index in [9.17, 15) is 53.1 Å². The Kier molecular flexibility index (Phi) is 16.7. The Morgan fingerprint density at radius 1 is 0.462 bits per heavy atom. The molecule has 0 aromatic rings. The Hall–Kier alpha value is -3.94. The van der Waals surface area contributed by atoms with Crippen molar-refractivity contribution in [3.8, 4) is 0 Å². The van der Waals surface area contributed by atoms with Gasteiger partial charge in [-0.2, -0.15) is 0 Å². The number of carbonyl (C=O) groups excluding carboxylic acids is 8. The molecule has 0 amide bonds. The molecule has 430 valence electrons. The predicted octanol–water partition coefficient (Wildman–Crippen LogP) is 5.13. The maximum Gasteiger partial charge on any atom is 0.317 e. The molecule has 78 heavy (non-hydrogen) atoms. The molecule has 0 radical (unpaired) electrons. The van der Waals surface area contributed by atoms with Crippen LogP contribution in [-0.4, -0.2) is 151 Å². The number of aliphatic carboxylic acids is 2. The summed E-state index contributed by atoms with van der Waals surface area (Å²) in [6.07, 6.45) is 9.35. The Balaban J connectivity index is 0.000000187. The van der Waals surface area contributed by atoms with Crippen LogP contribution in [0.5, 0.6) is 0 Å². The fourth-order valence-electron chi connectivity index (χ4n) is 15.6. The van der Waals surface area contributed by atoms with E-state index in [-0.39, 0.29) is 88.1 Å². The number of rotatable bonds is 18. The number of ether oxygens (including phenoxy) is 8. The number of aliphatic hydroxyl groups is 1. The zero-order valence-electron chi connectivity index (χ0n) is 43.7. The van der Waals surface area contributed by atoms with E-state index in [1.54, 1.807) is 0 Å². The molecule has 12 fully saturated rings. The zero-order valence-corrected chi connectivity index (χ0v) is 46.9. The molecule has 12 rings (SSSR count). The van der Waals surface area contributed by atoms with Crippen LogP contribution in [0.15, 0.2) is 0 Å². The molecule has 0 aromatic heterocycles. The minimum absolute atomic E-state index is 0.0106. The highest BCUT2D eigenvalue weighted by molar-refractivity contribution is 8.77. The second-order valence-corrected chi connectivity index (χ2v) is 28.9. The maximum atomic E-state index is 13.3. The number of esters is 8. The van der Waals surface area contributed by atoms with Crippen LogP contribution < -0.4 is 0 Å². The average Bonchev–Trinajstić information content (AvgIpc) is 4.07. The zero-order chi connectivity index (χ0) is 55.6.